The Morgan fingerprint density at radius 1 is 0.912 bits per heavy atom. The van der Waals surface area contributed by atoms with E-state index in [1.165, 1.54) is 11.1 Å². The van der Waals surface area contributed by atoms with Gasteiger partial charge in [-0.3, -0.25) is 0 Å². The number of benzene rings is 3. The third-order valence-electron chi connectivity index (χ3n) is 5.45. The third kappa shape index (κ3) is 6.02. The molecule has 7 heteroatoms. The van der Waals surface area contributed by atoms with Crippen molar-refractivity contribution >= 4 is 17.6 Å². The Kier molecular flexibility index (Phi) is 7.60. The van der Waals surface area contributed by atoms with Crippen LogP contribution >= 0.6 is 11.6 Å². The van der Waals surface area contributed by atoms with Crippen LogP contribution in [0.2, 0.25) is 5.02 Å². The molecular weight excluding hydrogens is 450 g/mol. The molecule has 0 aliphatic rings. The minimum Gasteiger partial charge on any atom is -0.471 e. The first-order valence-corrected chi connectivity index (χ1v) is 11.5. The van der Waals surface area contributed by atoms with Crippen LogP contribution < -0.4 is 4.74 Å². The Labute approximate surface area is 203 Å². The van der Waals surface area contributed by atoms with E-state index in [-0.39, 0.29) is 24.3 Å². The highest BCUT2D eigenvalue weighted by molar-refractivity contribution is 6.30. The largest absolute Gasteiger partial charge is 0.471 e. The second-order valence-electron chi connectivity index (χ2n) is 8.05. The number of esters is 1. The summed E-state index contributed by atoms with van der Waals surface area (Å²) in [5.74, 6) is -0.413. The first kappa shape index (κ1) is 23.5. The number of aryl methyl sites for hydroxylation is 1. The number of aromatic nitrogens is 3. The van der Waals surface area contributed by atoms with Gasteiger partial charge in [0.25, 0.3) is 5.88 Å². The van der Waals surface area contributed by atoms with Crippen LogP contribution in [0, 0.1) is 6.92 Å². The van der Waals surface area contributed by atoms with Gasteiger partial charge < -0.3 is 9.47 Å². The van der Waals surface area contributed by atoms with E-state index >= 15 is 0 Å². The number of nitrogens with one attached hydrogen (secondary N) is 1. The topological polar surface area (TPSA) is 77.1 Å². The second-order valence-corrected chi connectivity index (χ2v) is 8.49. The van der Waals surface area contributed by atoms with Gasteiger partial charge in [0, 0.05) is 17.9 Å². The Balaban J connectivity index is 1.54. The zero-order valence-corrected chi connectivity index (χ0v) is 19.9. The van der Waals surface area contributed by atoms with Gasteiger partial charge in [-0.05, 0) is 48.2 Å². The number of ether oxygens (including phenoxy) is 2. The summed E-state index contributed by atoms with van der Waals surface area (Å²) in [6.45, 7) is 4.07. The number of hydrogen-bond acceptors (Lipinski definition) is 5. The highest BCUT2D eigenvalue weighted by Crippen LogP contribution is 2.23. The van der Waals surface area contributed by atoms with E-state index in [0.29, 0.717) is 17.9 Å². The quantitative estimate of drug-likeness (QED) is 0.307. The summed E-state index contributed by atoms with van der Waals surface area (Å²) < 4.78 is 11.3. The van der Waals surface area contributed by atoms with E-state index in [4.69, 9.17) is 21.1 Å². The molecule has 0 bridgehead atoms. The van der Waals surface area contributed by atoms with E-state index in [0.717, 1.165) is 16.7 Å². The molecule has 174 valence electrons. The van der Waals surface area contributed by atoms with Crippen molar-refractivity contribution in [2.75, 3.05) is 6.61 Å². The average molecular weight is 476 g/mol. The Bertz CT molecular complexity index is 1220. The van der Waals surface area contributed by atoms with Gasteiger partial charge >= 0.3 is 5.97 Å². The van der Waals surface area contributed by atoms with Crippen molar-refractivity contribution in [2.45, 2.75) is 32.8 Å². The molecule has 0 aliphatic heterocycles. The first-order valence-electron chi connectivity index (χ1n) is 11.2. The Hall–Kier alpha value is -3.64. The molecule has 1 atom stereocenters. The van der Waals surface area contributed by atoms with Gasteiger partial charge in [0.2, 0.25) is 5.69 Å². The van der Waals surface area contributed by atoms with Gasteiger partial charge in [0.05, 0.1) is 6.61 Å². The minimum atomic E-state index is -0.546. The summed E-state index contributed by atoms with van der Waals surface area (Å²) in [4.78, 5) is 12.2. The number of aromatic amines is 1. The number of rotatable bonds is 9. The van der Waals surface area contributed by atoms with Crippen LogP contribution in [0.25, 0.3) is 11.1 Å². The van der Waals surface area contributed by atoms with E-state index in [9.17, 15) is 4.79 Å². The fourth-order valence-corrected chi connectivity index (χ4v) is 3.80. The lowest BCUT2D eigenvalue weighted by molar-refractivity contribution is 0.0511. The van der Waals surface area contributed by atoms with Crippen LogP contribution in [0.3, 0.4) is 0 Å². The Morgan fingerprint density at radius 2 is 1.47 bits per heavy atom. The van der Waals surface area contributed by atoms with Crippen LogP contribution in [0.4, 0.5) is 0 Å². The van der Waals surface area contributed by atoms with Crippen LogP contribution in [0.1, 0.15) is 34.1 Å². The molecule has 4 rings (SSSR count). The first-order chi connectivity index (χ1) is 16.5. The molecule has 0 spiro atoms. The van der Waals surface area contributed by atoms with Crippen LogP contribution in [-0.2, 0) is 17.6 Å². The maximum atomic E-state index is 12.2. The van der Waals surface area contributed by atoms with Gasteiger partial charge in [-0.2, -0.15) is 0 Å². The van der Waals surface area contributed by atoms with Crippen molar-refractivity contribution in [3.8, 4) is 17.0 Å². The number of halogens is 1. The van der Waals surface area contributed by atoms with Gasteiger partial charge in [-0.15, -0.1) is 0 Å². The molecule has 3 aromatic carbocycles. The summed E-state index contributed by atoms with van der Waals surface area (Å²) in [5.41, 5.74) is 5.84. The molecule has 1 heterocycles. The molecule has 0 aliphatic carbocycles. The number of carbonyl (C=O) groups excluding carboxylic acids is 1. The van der Waals surface area contributed by atoms with Gasteiger partial charge in [0.1, 0.15) is 6.10 Å². The number of nitrogens with zero attached hydrogens (tertiary/aromatic N) is 2. The van der Waals surface area contributed by atoms with Crippen molar-refractivity contribution in [3.63, 3.8) is 0 Å². The van der Waals surface area contributed by atoms with Crippen molar-refractivity contribution in [3.05, 3.63) is 100 Å². The fourth-order valence-electron chi connectivity index (χ4n) is 3.68. The molecule has 0 radical (unpaired) electrons. The summed E-state index contributed by atoms with van der Waals surface area (Å²) >= 11 is 6.05. The standard InChI is InChI=1S/C27H26ClN3O3/c1-3-33-27(32)25-26(30-31-29-25)34-24(17-20-8-14-23(28)15-9-20)16-19-6-12-22(13-7-19)21-10-4-18(2)5-11-21/h4-15,24H,3,16-17H2,1-2H3,(H,29,30,31). The fraction of sp³-hybridized carbons (Fsp3) is 0.222. The van der Waals surface area contributed by atoms with Gasteiger partial charge in [-0.25, -0.2) is 9.89 Å². The zero-order chi connectivity index (χ0) is 23.9. The number of H-pyrrole nitrogens is 1. The van der Waals surface area contributed by atoms with Crippen molar-refractivity contribution in [1.82, 2.24) is 15.4 Å². The van der Waals surface area contributed by atoms with Crippen molar-refractivity contribution < 1.29 is 14.3 Å². The molecule has 1 unspecified atom stereocenters. The lowest BCUT2D eigenvalue weighted by Crippen LogP contribution is -2.24. The number of carbonyl (C=O) groups is 1. The van der Waals surface area contributed by atoms with Gasteiger partial charge in [-0.1, -0.05) is 88.1 Å². The predicted octanol–water partition coefficient (Wildman–Crippen LogP) is 5.84. The lowest BCUT2D eigenvalue weighted by atomic mass is 9.98. The Morgan fingerprint density at radius 3 is 2.06 bits per heavy atom. The number of hydrogen-bond donors (Lipinski definition) is 1. The summed E-state index contributed by atoms with van der Waals surface area (Å²) in [7, 11) is 0. The van der Waals surface area contributed by atoms with Crippen LogP contribution in [0.5, 0.6) is 5.88 Å². The van der Waals surface area contributed by atoms with Crippen LogP contribution in [-0.4, -0.2) is 34.1 Å². The molecular formula is C27H26ClN3O3. The smallest absolute Gasteiger partial charge is 0.362 e. The highest BCUT2D eigenvalue weighted by atomic mass is 35.5. The second kappa shape index (κ2) is 11.0. The molecule has 4 aromatic rings. The monoisotopic (exact) mass is 475 g/mol. The third-order valence-corrected chi connectivity index (χ3v) is 5.71. The molecule has 0 fully saturated rings. The molecule has 0 amide bonds. The van der Waals surface area contributed by atoms with Crippen LogP contribution in [0.15, 0.2) is 72.8 Å². The summed E-state index contributed by atoms with van der Waals surface area (Å²) in [6, 6.07) is 24.5. The summed E-state index contributed by atoms with van der Waals surface area (Å²) in [5, 5.41) is 11.0. The predicted molar refractivity (Wildman–Crippen MR) is 132 cm³/mol. The SMILES string of the molecule is CCOC(=O)c1[nH]nnc1OC(Cc1ccc(Cl)cc1)Cc1ccc(-c2ccc(C)cc2)cc1. The van der Waals surface area contributed by atoms with Crippen molar-refractivity contribution in [1.29, 1.82) is 0 Å². The molecule has 1 N–H and O–H groups in total. The normalized spacial score (nSPS) is 11.7. The lowest BCUT2D eigenvalue weighted by Gasteiger charge is -2.19. The summed E-state index contributed by atoms with van der Waals surface area (Å²) in [6.07, 6.45) is 0.933. The molecule has 0 saturated carbocycles. The zero-order valence-electron chi connectivity index (χ0n) is 19.1. The van der Waals surface area contributed by atoms with Crippen molar-refractivity contribution in [2.24, 2.45) is 0 Å². The van der Waals surface area contributed by atoms with E-state index < -0.39 is 5.97 Å². The van der Waals surface area contributed by atoms with E-state index in [1.54, 1.807) is 6.92 Å². The maximum absolute atomic E-state index is 12.2. The molecule has 6 nitrogen and oxygen atoms in total. The molecule has 34 heavy (non-hydrogen) atoms. The van der Waals surface area contributed by atoms with Gasteiger partial charge in [0.15, 0.2) is 0 Å². The molecule has 0 saturated heterocycles. The molecule has 1 aromatic heterocycles. The van der Waals surface area contributed by atoms with E-state index in [2.05, 4.69) is 70.9 Å². The maximum Gasteiger partial charge on any atom is 0.362 e. The average Bonchev–Trinajstić information content (AvgIpc) is 3.30. The highest BCUT2D eigenvalue weighted by Gasteiger charge is 2.22. The minimum absolute atomic E-state index is 0.109. The van der Waals surface area contributed by atoms with E-state index in [1.807, 2.05) is 24.3 Å².